The molecule has 0 radical (unpaired) electrons. The molecule has 0 aliphatic carbocycles. The lowest BCUT2D eigenvalue weighted by Gasteiger charge is -1.92. The molecule has 0 saturated carbocycles. The highest BCUT2D eigenvalue weighted by Crippen LogP contribution is 1.74. The number of rotatable bonds is 4. The third-order valence-electron chi connectivity index (χ3n) is 0.611. The van der Waals surface area contributed by atoms with E-state index >= 15 is 0 Å². The summed E-state index contributed by atoms with van der Waals surface area (Å²) in [6.45, 7) is 3.40. The minimum atomic E-state index is 0.694. The van der Waals surface area contributed by atoms with E-state index in [9.17, 15) is 0 Å². The molecular formula is C5H11NO. The van der Waals surface area contributed by atoms with Crippen LogP contribution < -0.4 is 0 Å². The summed E-state index contributed by atoms with van der Waals surface area (Å²) in [5.41, 5.74) is 0. The lowest BCUT2D eigenvalue weighted by Crippen LogP contribution is -1.92. The Morgan fingerprint density at radius 2 is 2.43 bits per heavy atom. The van der Waals surface area contributed by atoms with E-state index in [0.717, 1.165) is 13.0 Å². The highest BCUT2D eigenvalue weighted by atomic mass is 16.5. The molecule has 0 rings (SSSR count). The van der Waals surface area contributed by atoms with Crippen molar-refractivity contribution in [2.24, 2.45) is 0 Å². The lowest BCUT2D eigenvalue weighted by molar-refractivity contribution is 0.155. The summed E-state index contributed by atoms with van der Waals surface area (Å²) in [6.07, 6.45) is 2.10. The summed E-state index contributed by atoms with van der Waals surface area (Å²) < 4.78 is 4.92. The third kappa shape index (κ3) is 5.63. The number of hydrogen-bond acceptors (Lipinski definition) is 2. The Kier molecular flexibility index (Phi) is 5.33. The van der Waals surface area contributed by atoms with Crippen molar-refractivity contribution in [2.75, 3.05) is 13.2 Å². The maximum Gasteiger partial charge on any atom is 0.0515 e. The van der Waals surface area contributed by atoms with Crippen molar-refractivity contribution in [1.82, 2.24) is 0 Å². The van der Waals surface area contributed by atoms with Crippen molar-refractivity contribution >= 4 is 6.21 Å². The van der Waals surface area contributed by atoms with Crippen molar-refractivity contribution in [1.29, 1.82) is 5.41 Å². The zero-order chi connectivity index (χ0) is 5.54. The smallest absolute Gasteiger partial charge is 0.0515 e. The van der Waals surface area contributed by atoms with Crippen LogP contribution in [0.5, 0.6) is 0 Å². The molecule has 0 aromatic heterocycles. The summed E-state index contributed by atoms with van der Waals surface area (Å²) >= 11 is 0. The van der Waals surface area contributed by atoms with Gasteiger partial charge in [0.25, 0.3) is 0 Å². The largest absolute Gasteiger partial charge is 0.381 e. The Bertz CT molecular complexity index is 45.3. The second-order valence-electron chi connectivity index (χ2n) is 1.19. The third-order valence-corrected chi connectivity index (χ3v) is 0.611. The van der Waals surface area contributed by atoms with Gasteiger partial charge < -0.3 is 10.1 Å². The Hall–Kier alpha value is -0.370. The molecule has 0 aromatic rings. The molecule has 0 bridgehead atoms. The maximum atomic E-state index is 6.58. The summed E-state index contributed by atoms with van der Waals surface area (Å²) in [6, 6.07) is 0. The van der Waals surface area contributed by atoms with Gasteiger partial charge in [0.2, 0.25) is 0 Å². The Balaban J connectivity index is 2.56. The Morgan fingerprint density at radius 1 is 1.71 bits per heavy atom. The average molecular weight is 101 g/mol. The normalized spacial score (nSPS) is 8.71. The van der Waals surface area contributed by atoms with Crippen LogP contribution in [0.25, 0.3) is 0 Å². The first-order valence-corrected chi connectivity index (χ1v) is 2.48. The van der Waals surface area contributed by atoms with Gasteiger partial charge >= 0.3 is 0 Å². The molecular weight excluding hydrogens is 90.1 g/mol. The molecule has 42 valence electrons. The summed E-state index contributed by atoms with van der Waals surface area (Å²) in [7, 11) is 0. The maximum absolute atomic E-state index is 6.58. The van der Waals surface area contributed by atoms with E-state index in [0.29, 0.717) is 6.61 Å². The first kappa shape index (κ1) is 6.63. The van der Waals surface area contributed by atoms with E-state index in [-0.39, 0.29) is 0 Å². The fourth-order valence-corrected chi connectivity index (χ4v) is 0.287. The number of ether oxygens (including phenoxy) is 1. The quantitative estimate of drug-likeness (QED) is 0.417. The van der Waals surface area contributed by atoms with Crippen LogP contribution in [0.4, 0.5) is 0 Å². The molecule has 0 fully saturated rings. The van der Waals surface area contributed by atoms with Crippen molar-refractivity contribution in [2.45, 2.75) is 13.3 Å². The first-order chi connectivity index (χ1) is 3.41. The average Bonchev–Trinajstić information content (AvgIpc) is 1.69. The van der Waals surface area contributed by atoms with Crippen LogP contribution in [-0.4, -0.2) is 19.4 Å². The van der Waals surface area contributed by atoms with E-state index in [1.807, 2.05) is 6.92 Å². The molecule has 0 aliphatic heterocycles. The van der Waals surface area contributed by atoms with Gasteiger partial charge in [-0.25, -0.2) is 0 Å². The van der Waals surface area contributed by atoms with E-state index in [1.165, 1.54) is 6.21 Å². The Labute approximate surface area is 44.0 Å². The predicted octanol–water partition coefficient (Wildman–Crippen LogP) is 1.06. The van der Waals surface area contributed by atoms with Crippen molar-refractivity contribution in [3.63, 3.8) is 0 Å². The van der Waals surface area contributed by atoms with E-state index in [2.05, 4.69) is 0 Å². The van der Waals surface area contributed by atoms with Crippen molar-refractivity contribution < 1.29 is 4.74 Å². The molecule has 0 saturated heterocycles. The zero-order valence-electron chi connectivity index (χ0n) is 4.61. The molecule has 0 unspecified atom stereocenters. The SMILES string of the molecule is CCOCCC=N. The molecule has 0 spiro atoms. The van der Waals surface area contributed by atoms with Gasteiger partial charge in [-0.2, -0.15) is 0 Å². The molecule has 0 atom stereocenters. The van der Waals surface area contributed by atoms with Gasteiger partial charge in [0.15, 0.2) is 0 Å². The summed E-state index contributed by atoms with van der Waals surface area (Å²) in [5, 5.41) is 6.58. The molecule has 0 aliphatic rings. The van der Waals surface area contributed by atoms with Crippen LogP contribution >= 0.6 is 0 Å². The molecule has 2 heteroatoms. The zero-order valence-corrected chi connectivity index (χ0v) is 4.61. The number of hydrogen-bond donors (Lipinski definition) is 1. The molecule has 7 heavy (non-hydrogen) atoms. The molecule has 2 nitrogen and oxygen atoms in total. The Morgan fingerprint density at radius 3 is 2.86 bits per heavy atom. The van der Waals surface area contributed by atoms with Crippen LogP contribution in [0.15, 0.2) is 0 Å². The van der Waals surface area contributed by atoms with Crippen molar-refractivity contribution in [3.05, 3.63) is 0 Å². The topological polar surface area (TPSA) is 33.1 Å². The van der Waals surface area contributed by atoms with Crippen molar-refractivity contribution in [3.8, 4) is 0 Å². The summed E-state index contributed by atoms with van der Waals surface area (Å²) in [5.74, 6) is 0. The van der Waals surface area contributed by atoms with Crippen LogP contribution in [0.3, 0.4) is 0 Å². The highest BCUT2D eigenvalue weighted by molar-refractivity contribution is 5.52. The van der Waals surface area contributed by atoms with Crippen LogP contribution in [-0.2, 0) is 4.74 Å². The van der Waals surface area contributed by atoms with Gasteiger partial charge in [0.05, 0.1) is 6.61 Å². The fraction of sp³-hybridized carbons (Fsp3) is 0.800. The van der Waals surface area contributed by atoms with Gasteiger partial charge in [0, 0.05) is 13.0 Å². The molecule has 0 aromatic carbocycles. The van der Waals surface area contributed by atoms with E-state index in [4.69, 9.17) is 10.1 Å². The van der Waals surface area contributed by atoms with Gasteiger partial charge in [0.1, 0.15) is 0 Å². The standard InChI is InChI=1S/C5H11NO/c1-2-7-5-3-4-6/h4,6H,2-3,5H2,1H3. The van der Waals surface area contributed by atoms with E-state index in [1.54, 1.807) is 0 Å². The molecule has 0 amide bonds. The molecule has 0 heterocycles. The van der Waals surface area contributed by atoms with Gasteiger partial charge in [-0.3, -0.25) is 0 Å². The predicted molar refractivity (Wildman–Crippen MR) is 29.9 cm³/mol. The van der Waals surface area contributed by atoms with Crippen LogP contribution in [0.1, 0.15) is 13.3 Å². The van der Waals surface area contributed by atoms with Crippen LogP contribution in [0.2, 0.25) is 0 Å². The minimum Gasteiger partial charge on any atom is -0.381 e. The van der Waals surface area contributed by atoms with E-state index < -0.39 is 0 Å². The minimum absolute atomic E-state index is 0.694. The van der Waals surface area contributed by atoms with Gasteiger partial charge in [-0.05, 0) is 13.1 Å². The number of nitrogens with one attached hydrogen (secondary N) is 1. The van der Waals surface area contributed by atoms with Gasteiger partial charge in [-0.1, -0.05) is 0 Å². The molecule has 1 N–H and O–H groups in total. The first-order valence-electron chi connectivity index (χ1n) is 2.48. The lowest BCUT2D eigenvalue weighted by atomic mass is 10.5. The highest BCUT2D eigenvalue weighted by Gasteiger charge is 1.76. The van der Waals surface area contributed by atoms with Gasteiger partial charge in [-0.15, -0.1) is 0 Å². The fourth-order valence-electron chi connectivity index (χ4n) is 0.287. The summed E-state index contributed by atoms with van der Waals surface area (Å²) in [4.78, 5) is 0. The monoisotopic (exact) mass is 101 g/mol. The van der Waals surface area contributed by atoms with Crippen LogP contribution in [0, 0.1) is 5.41 Å². The second-order valence-corrected chi connectivity index (χ2v) is 1.19. The second kappa shape index (κ2) is 5.63.